The van der Waals surface area contributed by atoms with Gasteiger partial charge in [-0.1, -0.05) is 78.9 Å². The van der Waals surface area contributed by atoms with E-state index in [1.807, 2.05) is 79.0 Å². The Balaban J connectivity index is 1.45. The highest BCUT2D eigenvalue weighted by Crippen LogP contribution is 2.45. The monoisotopic (exact) mass is 473 g/mol. The molecule has 2 aromatic heterocycles. The third kappa shape index (κ3) is 2.93. The molecule has 3 heterocycles. The molecular weight excluding hydrogens is 454 g/mol. The lowest BCUT2D eigenvalue weighted by atomic mass is 10.0. The minimum Gasteiger partial charge on any atom is -0.360 e. The molecule has 0 unspecified atom stereocenters. The highest BCUT2D eigenvalue weighted by atomic mass is 32.2. The maximum Gasteiger partial charge on any atom is 0.207 e. The van der Waals surface area contributed by atoms with Crippen molar-refractivity contribution in [3.63, 3.8) is 0 Å². The summed E-state index contributed by atoms with van der Waals surface area (Å²) in [5.74, 6) is 0.725. The molecule has 35 heavy (non-hydrogen) atoms. The van der Waals surface area contributed by atoms with Crippen molar-refractivity contribution in [2.75, 3.05) is 0 Å². The Kier molecular flexibility index (Phi) is 4.16. The molecule has 0 bridgehead atoms. The SMILES string of the molecule is O=S1(=O)c2ccccc2-c2ccc(-c3nc(-c4c[nH]c5ccccc45)[nH]c3-c3ccccc3)cc21. The molecule has 6 heteroatoms. The molecule has 6 aromatic rings. The van der Waals surface area contributed by atoms with E-state index in [-0.39, 0.29) is 0 Å². The summed E-state index contributed by atoms with van der Waals surface area (Å²) in [5, 5.41) is 1.07. The first kappa shape index (κ1) is 20.0. The normalized spacial score (nSPS) is 13.6. The van der Waals surface area contributed by atoms with Crippen molar-refractivity contribution in [3.8, 4) is 45.0 Å². The number of hydrogen-bond acceptors (Lipinski definition) is 3. The van der Waals surface area contributed by atoms with Crippen molar-refractivity contribution in [2.24, 2.45) is 0 Å². The molecule has 0 aliphatic carbocycles. The molecule has 2 N–H and O–H groups in total. The predicted octanol–water partition coefficient (Wildman–Crippen LogP) is 6.71. The molecule has 4 aromatic carbocycles. The number of aromatic nitrogens is 3. The summed E-state index contributed by atoms with van der Waals surface area (Å²) in [7, 11) is -3.58. The molecule has 0 saturated carbocycles. The zero-order chi connectivity index (χ0) is 23.6. The first-order chi connectivity index (χ1) is 17.1. The third-order valence-corrected chi connectivity index (χ3v) is 8.47. The van der Waals surface area contributed by atoms with E-state index in [1.54, 1.807) is 18.2 Å². The van der Waals surface area contributed by atoms with Crippen LogP contribution in [0.5, 0.6) is 0 Å². The molecule has 0 fully saturated rings. The van der Waals surface area contributed by atoms with E-state index in [0.717, 1.165) is 50.2 Å². The smallest absolute Gasteiger partial charge is 0.207 e. The minimum atomic E-state index is -3.58. The Bertz CT molecular complexity index is 1870. The van der Waals surface area contributed by atoms with Crippen LogP contribution in [-0.4, -0.2) is 23.4 Å². The maximum absolute atomic E-state index is 13.3. The van der Waals surface area contributed by atoms with Crippen LogP contribution < -0.4 is 0 Å². The summed E-state index contributed by atoms with van der Waals surface area (Å²) in [6.45, 7) is 0. The van der Waals surface area contributed by atoms with Gasteiger partial charge in [-0.3, -0.25) is 0 Å². The summed E-state index contributed by atoms with van der Waals surface area (Å²) in [6, 6.07) is 30.8. The number of fused-ring (bicyclic) bond motifs is 4. The quantitative estimate of drug-likeness (QED) is 0.299. The molecular formula is C29H19N3O2S. The van der Waals surface area contributed by atoms with Gasteiger partial charge in [0.15, 0.2) is 0 Å². The molecule has 0 radical (unpaired) electrons. The number of para-hydroxylation sites is 1. The second-order valence-corrected chi connectivity index (χ2v) is 10.5. The Labute approximate surface area is 202 Å². The van der Waals surface area contributed by atoms with Gasteiger partial charge in [-0.2, -0.15) is 0 Å². The van der Waals surface area contributed by atoms with Crippen LogP contribution in [0.15, 0.2) is 113 Å². The number of benzene rings is 4. The number of imidazole rings is 1. The zero-order valence-corrected chi connectivity index (χ0v) is 19.3. The fraction of sp³-hybridized carbons (Fsp3) is 0. The maximum atomic E-state index is 13.3. The van der Waals surface area contributed by atoms with Crippen LogP contribution >= 0.6 is 0 Å². The molecule has 168 valence electrons. The van der Waals surface area contributed by atoms with Crippen molar-refractivity contribution in [1.29, 1.82) is 0 Å². The number of sulfone groups is 1. The van der Waals surface area contributed by atoms with Gasteiger partial charge in [0, 0.05) is 44.9 Å². The van der Waals surface area contributed by atoms with Gasteiger partial charge >= 0.3 is 0 Å². The number of hydrogen-bond donors (Lipinski definition) is 2. The Morgan fingerprint density at radius 1 is 0.657 bits per heavy atom. The minimum absolute atomic E-state index is 0.326. The first-order valence-corrected chi connectivity index (χ1v) is 12.8. The average molecular weight is 474 g/mol. The number of H-pyrrole nitrogens is 2. The lowest BCUT2D eigenvalue weighted by molar-refractivity contribution is 0.598. The number of nitrogens with zero attached hydrogens (tertiary/aromatic N) is 1. The van der Waals surface area contributed by atoms with E-state index in [9.17, 15) is 8.42 Å². The summed E-state index contributed by atoms with van der Waals surface area (Å²) in [5.41, 5.74) is 6.77. The summed E-state index contributed by atoms with van der Waals surface area (Å²) < 4.78 is 26.6. The molecule has 7 rings (SSSR count). The van der Waals surface area contributed by atoms with Crippen LogP contribution in [0.1, 0.15) is 0 Å². The van der Waals surface area contributed by atoms with Crippen molar-refractivity contribution >= 4 is 20.7 Å². The molecule has 0 amide bonds. The van der Waals surface area contributed by atoms with Crippen LogP contribution in [0.4, 0.5) is 0 Å². The zero-order valence-electron chi connectivity index (χ0n) is 18.5. The van der Waals surface area contributed by atoms with Gasteiger partial charge in [0.1, 0.15) is 5.82 Å². The van der Waals surface area contributed by atoms with E-state index in [1.165, 1.54) is 0 Å². The van der Waals surface area contributed by atoms with Gasteiger partial charge in [0.05, 0.1) is 21.2 Å². The summed E-state index contributed by atoms with van der Waals surface area (Å²) in [4.78, 5) is 12.5. The summed E-state index contributed by atoms with van der Waals surface area (Å²) >= 11 is 0. The second kappa shape index (κ2) is 7.29. The largest absolute Gasteiger partial charge is 0.360 e. The average Bonchev–Trinajstić information content (AvgIpc) is 3.58. The van der Waals surface area contributed by atoms with Crippen LogP contribution in [0.2, 0.25) is 0 Å². The van der Waals surface area contributed by atoms with Crippen LogP contribution in [0, 0.1) is 0 Å². The van der Waals surface area contributed by atoms with Gasteiger partial charge in [0.2, 0.25) is 9.84 Å². The van der Waals surface area contributed by atoms with Gasteiger partial charge in [-0.05, 0) is 18.2 Å². The van der Waals surface area contributed by atoms with Gasteiger partial charge < -0.3 is 9.97 Å². The number of rotatable bonds is 3. The number of nitrogens with one attached hydrogen (secondary N) is 2. The highest BCUT2D eigenvalue weighted by Gasteiger charge is 2.33. The highest BCUT2D eigenvalue weighted by molar-refractivity contribution is 7.92. The molecule has 0 atom stereocenters. The van der Waals surface area contributed by atoms with E-state index in [2.05, 4.69) is 16.0 Å². The predicted molar refractivity (Wildman–Crippen MR) is 138 cm³/mol. The van der Waals surface area contributed by atoms with Crippen LogP contribution in [0.3, 0.4) is 0 Å². The summed E-state index contributed by atoms with van der Waals surface area (Å²) in [6.07, 6.45) is 1.95. The van der Waals surface area contributed by atoms with Gasteiger partial charge in [-0.15, -0.1) is 0 Å². The molecule has 0 saturated heterocycles. The molecule has 0 spiro atoms. The van der Waals surface area contributed by atoms with Crippen LogP contribution in [0.25, 0.3) is 55.9 Å². The standard InChI is InChI=1S/C29H19N3O2S/c33-35(34)25-13-7-5-11-21(25)22-15-14-19(16-26(22)35)28-27(18-8-2-1-3-9-18)31-29(32-28)23-17-30-24-12-6-4-10-20(23)24/h1-17,30H,(H,31,32). The van der Waals surface area contributed by atoms with E-state index < -0.39 is 9.84 Å². The van der Waals surface area contributed by atoms with Gasteiger partial charge in [0.25, 0.3) is 0 Å². The fourth-order valence-corrected chi connectivity index (χ4v) is 6.66. The Morgan fingerprint density at radius 2 is 1.40 bits per heavy atom. The lowest BCUT2D eigenvalue weighted by Crippen LogP contribution is -1.97. The lowest BCUT2D eigenvalue weighted by Gasteiger charge is -2.06. The van der Waals surface area contributed by atoms with E-state index in [4.69, 9.17) is 4.98 Å². The van der Waals surface area contributed by atoms with Crippen molar-refractivity contribution in [2.45, 2.75) is 9.79 Å². The fourth-order valence-electron chi connectivity index (χ4n) is 4.95. The van der Waals surface area contributed by atoms with Gasteiger partial charge in [-0.25, -0.2) is 13.4 Å². The second-order valence-electron chi connectivity index (χ2n) is 8.63. The molecule has 1 aliphatic rings. The molecule has 5 nitrogen and oxygen atoms in total. The molecule has 1 aliphatic heterocycles. The van der Waals surface area contributed by atoms with E-state index >= 15 is 0 Å². The Hall–Kier alpha value is -4.42. The number of aromatic amines is 2. The third-order valence-electron chi connectivity index (χ3n) is 6.62. The van der Waals surface area contributed by atoms with Crippen molar-refractivity contribution in [3.05, 3.63) is 103 Å². The Morgan fingerprint density at radius 3 is 2.29 bits per heavy atom. The van der Waals surface area contributed by atoms with Crippen molar-refractivity contribution in [1.82, 2.24) is 15.0 Å². The van der Waals surface area contributed by atoms with E-state index in [0.29, 0.717) is 15.5 Å². The topological polar surface area (TPSA) is 78.6 Å². The van der Waals surface area contributed by atoms with Crippen molar-refractivity contribution < 1.29 is 8.42 Å². The first-order valence-electron chi connectivity index (χ1n) is 11.3. The van der Waals surface area contributed by atoms with Crippen LogP contribution in [-0.2, 0) is 9.84 Å².